The van der Waals surface area contributed by atoms with Gasteiger partial charge in [0.1, 0.15) is 12.4 Å². The first kappa shape index (κ1) is 18.5. The molecule has 2 aromatic carbocycles. The third-order valence-electron chi connectivity index (χ3n) is 4.93. The minimum absolute atomic E-state index is 0.0770. The highest BCUT2D eigenvalue weighted by molar-refractivity contribution is 7.80. The van der Waals surface area contributed by atoms with Crippen molar-refractivity contribution >= 4 is 23.0 Å². The van der Waals surface area contributed by atoms with Crippen LogP contribution in [-0.2, 0) is 5.54 Å². The molecule has 0 atom stereocenters. The zero-order valence-electron chi connectivity index (χ0n) is 15.3. The Morgan fingerprint density at radius 3 is 2.69 bits per heavy atom. The number of ether oxygens (including phenoxy) is 1. The smallest absolute Gasteiger partial charge is 0.171 e. The Labute approximate surface area is 161 Å². The van der Waals surface area contributed by atoms with Gasteiger partial charge >= 0.3 is 0 Å². The van der Waals surface area contributed by atoms with Gasteiger partial charge in [0, 0.05) is 11.8 Å². The Kier molecular flexibility index (Phi) is 5.94. The van der Waals surface area contributed by atoms with E-state index in [9.17, 15) is 0 Å². The fraction of sp³-hybridized carbons (Fsp3) is 0.318. The van der Waals surface area contributed by atoms with E-state index in [4.69, 9.17) is 17.0 Å². The van der Waals surface area contributed by atoms with Gasteiger partial charge in [-0.3, -0.25) is 0 Å². The molecule has 0 heterocycles. The average molecular weight is 367 g/mol. The molecule has 1 fully saturated rings. The molecule has 1 aliphatic rings. The largest absolute Gasteiger partial charge is 0.489 e. The normalized spacial score (nSPS) is 15.3. The van der Waals surface area contributed by atoms with Crippen molar-refractivity contribution in [1.29, 1.82) is 0 Å². The van der Waals surface area contributed by atoms with Crippen LogP contribution < -0.4 is 15.4 Å². The molecule has 0 bridgehead atoms. The van der Waals surface area contributed by atoms with Crippen LogP contribution in [0.4, 0.5) is 5.69 Å². The fourth-order valence-corrected chi connectivity index (χ4v) is 4.06. The van der Waals surface area contributed by atoms with Gasteiger partial charge in [-0.25, -0.2) is 0 Å². The topological polar surface area (TPSA) is 33.3 Å². The van der Waals surface area contributed by atoms with E-state index in [0.29, 0.717) is 11.7 Å². The molecule has 0 amide bonds. The van der Waals surface area contributed by atoms with Crippen LogP contribution >= 0.6 is 12.2 Å². The van der Waals surface area contributed by atoms with E-state index in [-0.39, 0.29) is 5.54 Å². The summed E-state index contributed by atoms with van der Waals surface area (Å²) in [5, 5.41) is 7.59. The van der Waals surface area contributed by atoms with Gasteiger partial charge in [-0.05, 0) is 55.2 Å². The molecule has 3 nitrogen and oxygen atoms in total. The Morgan fingerprint density at radius 1 is 1.19 bits per heavy atom. The monoisotopic (exact) mass is 366 g/mol. The summed E-state index contributed by atoms with van der Waals surface area (Å²) >= 11 is 5.64. The molecule has 0 aromatic heterocycles. The number of anilines is 1. The average Bonchev–Trinajstić information content (AvgIpc) is 3.09. The molecular weight excluding hydrogens is 340 g/mol. The van der Waals surface area contributed by atoms with E-state index >= 15 is 0 Å². The molecular formula is C22H26N2OS. The van der Waals surface area contributed by atoms with Crippen molar-refractivity contribution in [1.82, 2.24) is 5.32 Å². The Hall–Kier alpha value is -2.33. The van der Waals surface area contributed by atoms with Crippen LogP contribution in [0.5, 0.6) is 5.75 Å². The molecule has 0 unspecified atom stereocenters. The number of hydrogen-bond acceptors (Lipinski definition) is 2. The Balaban J connectivity index is 1.73. The second-order valence-electron chi connectivity index (χ2n) is 6.81. The predicted molar refractivity (Wildman–Crippen MR) is 113 cm³/mol. The first-order chi connectivity index (χ1) is 12.6. The van der Waals surface area contributed by atoms with Gasteiger partial charge in [-0.2, -0.15) is 0 Å². The van der Waals surface area contributed by atoms with Gasteiger partial charge in [-0.15, -0.1) is 0 Å². The maximum Gasteiger partial charge on any atom is 0.171 e. The van der Waals surface area contributed by atoms with Crippen LogP contribution in [0.3, 0.4) is 0 Å². The van der Waals surface area contributed by atoms with E-state index in [0.717, 1.165) is 24.3 Å². The summed E-state index contributed by atoms with van der Waals surface area (Å²) in [5.74, 6) is 0.798. The maximum absolute atomic E-state index is 5.64. The minimum Gasteiger partial charge on any atom is -0.489 e. The van der Waals surface area contributed by atoms with Gasteiger partial charge in [0.05, 0.1) is 5.54 Å². The molecule has 1 saturated carbocycles. The summed E-state index contributed by atoms with van der Waals surface area (Å²) in [7, 11) is 0. The molecule has 0 saturated heterocycles. The zero-order valence-corrected chi connectivity index (χ0v) is 16.1. The van der Waals surface area contributed by atoms with Crippen molar-refractivity contribution in [3.63, 3.8) is 0 Å². The molecule has 4 heteroatoms. The van der Waals surface area contributed by atoms with Crippen molar-refractivity contribution in [2.45, 2.75) is 38.1 Å². The number of benzene rings is 2. The van der Waals surface area contributed by atoms with Gasteiger partial charge in [0.25, 0.3) is 0 Å². The summed E-state index contributed by atoms with van der Waals surface area (Å²) in [6.07, 6.45) is 6.37. The van der Waals surface area contributed by atoms with Crippen LogP contribution in [0.25, 0.3) is 0 Å². The predicted octanol–water partition coefficient (Wildman–Crippen LogP) is 5.32. The summed E-state index contributed by atoms with van der Waals surface area (Å²) < 4.78 is 5.59. The van der Waals surface area contributed by atoms with Crippen LogP contribution in [-0.4, -0.2) is 11.7 Å². The molecule has 136 valence electrons. The molecule has 1 aliphatic carbocycles. The zero-order chi connectivity index (χ0) is 18.4. The SMILES string of the molecule is C=CCOc1cccc(NC(=S)NC2(c3ccccc3C)CCCC2)c1. The molecule has 0 aliphatic heterocycles. The summed E-state index contributed by atoms with van der Waals surface area (Å²) in [6, 6.07) is 16.4. The van der Waals surface area contributed by atoms with E-state index in [1.54, 1.807) is 6.08 Å². The van der Waals surface area contributed by atoms with Crippen LogP contribution in [0, 0.1) is 6.92 Å². The van der Waals surface area contributed by atoms with Gasteiger partial charge in [-0.1, -0.05) is 55.8 Å². The van der Waals surface area contributed by atoms with E-state index in [2.05, 4.69) is 48.4 Å². The molecule has 2 N–H and O–H groups in total. The third kappa shape index (κ3) is 4.25. The minimum atomic E-state index is -0.0770. The highest BCUT2D eigenvalue weighted by Crippen LogP contribution is 2.40. The third-order valence-corrected chi connectivity index (χ3v) is 5.13. The van der Waals surface area contributed by atoms with E-state index in [1.807, 2.05) is 24.3 Å². The van der Waals surface area contributed by atoms with E-state index < -0.39 is 0 Å². The number of aryl methyl sites for hydroxylation is 1. The Bertz CT molecular complexity index is 781. The van der Waals surface area contributed by atoms with Crippen molar-refractivity contribution in [3.05, 3.63) is 72.3 Å². The molecule has 2 aromatic rings. The number of nitrogens with one attached hydrogen (secondary N) is 2. The summed E-state index contributed by atoms with van der Waals surface area (Å²) in [6.45, 7) is 6.34. The molecule has 26 heavy (non-hydrogen) atoms. The number of thiocarbonyl (C=S) groups is 1. The highest BCUT2D eigenvalue weighted by Gasteiger charge is 2.37. The van der Waals surface area contributed by atoms with E-state index in [1.165, 1.54) is 24.0 Å². The van der Waals surface area contributed by atoms with Crippen LogP contribution in [0.1, 0.15) is 36.8 Å². The van der Waals surface area contributed by atoms with Crippen molar-refractivity contribution in [3.8, 4) is 5.75 Å². The van der Waals surface area contributed by atoms with Crippen LogP contribution in [0.15, 0.2) is 61.2 Å². The lowest BCUT2D eigenvalue weighted by molar-refractivity contribution is 0.363. The number of hydrogen-bond donors (Lipinski definition) is 2. The van der Waals surface area contributed by atoms with Crippen LogP contribution in [0.2, 0.25) is 0 Å². The molecule has 0 spiro atoms. The summed E-state index contributed by atoms with van der Waals surface area (Å²) in [5.41, 5.74) is 3.50. The van der Waals surface area contributed by atoms with Crippen molar-refractivity contribution < 1.29 is 4.74 Å². The standard InChI is InChI=1S/C22H26N2OS/c1-3-15-25-19-11-8-10-18(16-19)23-21(26)24-22(13-6-7-14-22)20-12-5-4-9-17(20)2/h3-5,8-12,16H,1,6-7,13-15H2,2H3,(H2,23,24,26). The fourth-order valence-electron chi connectivity index (χ4n) is 3.75. The molecule has 3 rings (SSSR count). The summed E-state index contributed by atoms with van der Waals surface area (Å²) in [4.78, 5) is 0. The highest BCUT2D eigenvalue weighted by atomic mass is 32.1. The Morgan fingerprint density at radius 2 is 1.96 bits per heavy atom. The number of rotatable bonds is 6. The first-order valence-corrected chi connectivity index (χ1v) is 9.53. The van der Waals surface area contributed by atoms with Gasteiger partial charge in [0.2, 0.25) is 0 Å². The van der Waals surface area contributed by atoms with Crippen molar-refractivity contribution in [2.75, 3.05) is 11.9 Å². The first-order valence-electron chi connectivity index (χ1n) is 9.12. The second kappa shape index (κ2) is 8.37. The lowest BCUT2D eigenvalue weighted by Gasteiger charge is -2.33. The maximum atomic E-state index is 5.64. The molecule has 0 radical (unpaired) electrons. The van der Waals surface area contributed by atoms with Gasteiger partial charge in [0.15, 0.2) is 5.11 Å². The second-order valence-corrected chi connectivity index (χ2v) is 7.22. The quantitative estimate of drug-likeness (QED) is 0.536. The van der Waals surface area contributed by atoms with Gasteiger partial charge < -0.3 is 15.4 Å². The van der Waals surface area contributed by atoms with Crippen molar-refractivity contribution in [2.24, 2.45) is 0 Å². The lowest BCUT2D eigenvalue weighted by Crippen LogP contribution is -2.46. The lowest BCUT2D eigenvalue weighted by atomic mass is 9.85.